The molecule has 0 aliphatic heterocycles. The summed E-state index contributed by atoms with van der Waals surface area (Å²) in [6.07, 6.45) is 1.82. The number of fused-ring (bicyclic) bond motifs is 3. The molecule has 0 aliphatic rings. The second-order valence-corrected chi connectivity index (χ2v) is 10.9. The lowest BCUT2D eigenvalue weighted by atomic mass is 9.95. The van der Waals surface area contributed by atoms with E-state index < -0.39 is 11.4 Å². The Labute approximate surface area is 236 Å². The minimum absolute atomic E-state index is 0.0744. The summed E-state index contributed by atoms with van der Waals surface area (Å²) in [5.41, 5.74) is 4.12. The number of furan rings is 1. The summed E-state index contributed by atoms with van der Waals surface area (Å²) >= 11 is 0. The molecule has 41 heavy (non-hydrogen) atoms. The molecule has 0 unspecified atom stereocenters. The van der Waals surface area contributed by atoms with Gasteiger partial charge < -0.3 is 25.4 Å². The van der Waals surface area contributed by atoms with Gasteiger partial charge in [-0.15, -0.1) is 0 Å². The van der Waals surface area contributed by atoms with Crippen LogP contribution in [0.15, 0.2) is 65.2 Å². The van der Waals surface area contributed by atoms with Gasteiger partial charge in [0.2, 0.25) is 5.91 Å². The predicted octanol–water partition coefficient (Wildman–Crippen LogP) is 5.56. The van der Waals surface area contributed by atoms with E-state index in [1.54, 1.807) is 43.6 Å². The van der Waals surface area contributed by atoms with E-state index >= 15 is 0 Å². The van der Waals surface area contributed by atoms with Crippen molar-refractivity contribution in [2.24, 2.45) is 0 Å². The lowest BCUT2D eigenvalue weighted by molar-refractivity contribution is -0.119. The highest BCUT2D eigenvalue weighted by Gasteiger charge is 2.27. The summed E-state index contributed by atoms with van der Waals surface area (Å²) in [6, 6.07) is 14.8. The van der Waals surface area contributed by atoms with Crippen molar-refractivity contribution in [3.05, 3.63) is 83.3 Å². The van der Waals surface area contributed by atoms with E-state index in [0.717, 1.165) is 11.1 Å². The number of likely N-dealkylation sites (N-methyl/N-ethyl adjacent to an activating group) is 1. The van der Waals surface area contributed by atoms with Gasteiger partial charge in [-0.25, -0.2) is 4.39 Å². The number of amides is 3. The van der Waals surface area contributed by atoms with E-state index in [-0.39, 0.29) is 35.5 Å². The van der Waals surface area contributed by atoms with Crippen molar-refractivity contribution < 1.29 is 23.2 Å². The first-order valence-corrected chi connectivity index (χ1v) is 13.2. The number of benzene rings is 3. The average Bonchev–Trinajstić information content (AvgIpc) is 3.53. The third kappa shape index (κ3) is 5.30. The summed E-state index contributed by atoms with van der Waals surface area (Å²) in [6.45, 7) is 5.74. The molecule has 2 aromatic heterocycles. The van der Waals surface area contributed by atoms with Crippen molar-refractivity contribution in [1.82, 2.24) is 20.9 Å². The quantitative estimate of drug-likeness (QED) is 0.220. The molecule has 2 heterocycles. The van der Waals surface area contributed by atoms with Crippen molar-refractivity contribution in [1.29, 1.82) is 0 Å². The van der Waals surface area contributed by atoms with Crippen molar-refractivity contribution in [3.63, 3.8) is 0 Å². The van der Waals surface area contributed by atoms with Crippen LogP contribution in [-0.4, -0.2) is 42.3 Å². The van der Waals surface area contributed by atoms with Crippen LogP contribution in [0.3, 0.4) is 0 Å². The number of hydrogen-bond donors (Lipinski definition) is 4. The Hall–Kier alpha value is -4.92. The number of rotatable bonds is 6. The molecule has 4 N–H and O–H groups in total. The van der Waals surface area contributed by atoms with Crippen LogP contribution in [0.2, 0.25) is 0 Å². The Bertz CT molecular complexity index is 1810. The number of carbonyl (C=O) groups excluding carboxylic acids is 3. The van der Waals surface area contributed by atoms with Crippen LogP contribution in [0.5, 0.6) is 0 Å². The fourth-order valence-electron chi connectivity index (χ4n) is 4.94. The maximum atomic E-state index is 13.7. The molecular weight excluding hydrogens is 523 g/mol. The first kappa shape index (κ1) is 27.6. The van der Waals surface area contributed by atoms with E-state index in [2.05, 4.69) is 20.9 Å². The first-order chi connectivity index (χ1) is 19.5. The number of carbonyl (C=O) groups is 3. The van der Waals surface area contributed by atoms with Crippen LogP contribution < -0.4 is 16.0 Å². The van der Waals surface area contributed by atoms with E-state index in [4.69, 9.17) is 4.42 Å². The van der Waals surface area contributed by atoms with Gasteiger partial charge in [0.1, 0.15) is 17.2 Å². The zero-order valence-corrected chi connectivity index (χ0v) is 23.5. The minimum Gasteiger partial charge on any atom is -0.454 e. The smallest absolute Gasteiger partial charge is 0.255 e. The predicted molar refractivity (Wildman–Crippen MR) is 157 cm³/mol. The number of hydrogen-bond acceptors (Lipinski definition) is 4. The Morgan fingerprint density at radius 1 is 0.927 bits per heavy atom. The third-order valence-electron chi connectivity index (χ3n) is 6.81. The van der Waals surface area contributed by atoms with Gasteiger partial charge in [-0.05, 0) is 74.4 Å². The lowest BCUT2D eigenvalue weighted by Gasteiger charge is -2.20. The molecule has 3 amide bonds. The fourth-order valence-corrected chi connectivity index (χ4v) is 4.94. The fraction of sp³-hybridized carbons (Fsp3) is 0.219. The van der Waals surface area contributed by atoms with Gasteiger partial charge in [0.05, 0.1) is 17.5 Å². The van der Waals surface area contributed by atoms with Crippen molar-refractivity contribution >= 4 is 39.6 Å². The molecule has 3 aromatic carbocycles. The SMILES string of the molecule is CNC(=O)Cc1c[nH]c2c(-c3cccc(C(=O)NC(C)(C)C)c3)cc3c(C(=O)NC)c(-c4ccc(F)cc4)oc3c12. The van der Waals surface area contributed by atoms with Crippen LogP contribution in [-0.2, 0) is 11.2 Å². The maximum absolute atomic E-state index is 13.7. The summed E-state index contributed by atoms with van der Waals surface area (Å²) in [4.78, 5) is 42.0. The molecule has 0 atom stereocenters. The van der Waals surface area contributed by atoms with Gasteiger partial charge in [-0.3, -0.25) is 14.4 Å². The van der Waals surface area contributed by atoms with Crippen LogP contribution in [0.4, 0.5) is 4.39 Å². The van der Waals surface area contributed by atoms with E-state index in [0.29, 0.717) is 38.6 Å². The van der Waals surface area contributed by atoms with Crippen LogP contribution >= 0.6 is 0 Å². The number of halogens is 1. The Morgan fingerprint density at radius 2 is 1.66 bits per heavy atom. The monoisotopic (exact) mass is 554 g/mol. The summed E-state index contributed by atoms with van der Waals surface area (Å²) in [5, 5.41) is 9.48. The van der Waals surface area contributed by atoms with Crippen LogP contribution in [0, 0.1) is 5.82 Å². The molecule has 0 spiro atoms. The van der Waals surface area contributed by atoms with Crippen LogP contribution in [0.25, 0.3) is 44.3 Å². The van der Waals surface area contributed by atoms with Gasteiger partial charge >= 0.3 is 0 Å². The second kappa shape index (κ2) is 10.6. The van der Waals surface area contributed by atoms with Crippen molar-refractivity contribution in [3.8, 4) is 22.5 Å². The first-order valence-electron chi connectivity index (χ1n) is 13.2. The average molecular weight is 555 g/mol. The van der Waals surface area contributed by atoms with Gasteiger partial charge in [0.15, 0.2) is 0 Å². The molecule has 5 aromatic rings. The highest BCUT2D eigenvalue weighted by molar-refractivity contribution is 6.20. The standard InChI is InChI=1S/C32H31FN4O4/c1-32(2,3)37-30(39)19-8-6-7-18(13-19)22-15-23-26(31(40)35-5)28(17-9-11-21(33)12-10-17)41-29(23)25-20(14-24(38)34-4)16-36-27(22)25/h6-13,15-16,36H,14H2,1-5H3,(H,34,38)(H,35,40)(H,37,39). The van der Waals surface area contributed by atoms with E-state index in [9.17, 15) is 18.8 Å². The second-order valence-electron chi connectivity index (χ2n) is 10.9. The molecule has 0 fully saturated rings. The Balaban J connectivity index is 1.82. The molecule has 0 saturated carbocycles. The molecule has 5 rings (SSSR count). The van der Waals surface area contributed by atoms with E-state index in [1.165, 1.54) is 19.2 Å². The number of H-pyrrole nitrogens is 1. The Morgan fingerprint density at radius 3 is 2.32 bits per heavy atom. The third-order valence-corrected chi connectivity index (χ3v) is 6.81. The van der Waals surface area contributed by atoms with Gasteiger partial charge in [-0.2, -0.15) is 0 Å². The topological polar surface area (TPSA) is 116 Å². The normalized spacial score (nSPS) is 11.6. The minimum atomic E-state index is -0.413. The highest BCUT2D eigenvalue weighted by atomic mass is 19.1. The number of aromatic nitrogens is 1. The summed E-state index contributed by atoms with van der Waals surface area (Å²) < 4.78 is 20.1. The highest BCUT2D eigenvalue weighted by Crippen LogP contribution is 2.43. The van der Waals surface area contributed by atoms with Gasteiger partial charge in [0.25, 0.3) is 11.8 Å². The summed E-state index contributed by atoms with van der Waals surface area (Å²) in [7, 11) is 3.09. The molecule has 9 heteroatoms. The van der Waals surface area contributed by atoms with E-state index in [1.807, 2.05) is 32.9 Å². The van der Waals surface area contributed by atoms with Crippen molar-refractivity contribution in [2.45, 2.75) is 32.7 Å². The molecule has 0 radical (unpaired) electrons. The zero-order valence-electron chi connectivity index (χ0n) is 23.5. The number of aromatic amines is 1. The zero-order chi connectivity index (χ0) is 29.5. The maximum Gasteiger partial charge on any atom is 0.255 e. The molecule has 210 valence electrons. The summed E-state index contributed by atoms with van der Waals surface area (Å²) in [5.74, 6) is -0.915. The van der Waals surface area contributed by atoms with Crippen LogP contribution in [0.1, 0.15) is 47.1 Å². The molecule has 8 nitrogen and oxygen atoms in total. The molecular formula is C32H31FN4O4. The lowest BCUT2D eigenvalue weighted by Crippen LogP contribution is -2.40. The van der Waals surface area contributed by atoms with Crippen molar-refractivity contribution in [2.75, 3.05) is 14.1 Å². The molecule has 0 aliphatic carbocycles. The Kier molecular flexibility index (Phi) is 7.13. The van der Waals surface area contributed by atoms with Gasteiger partial charge in [-0.1, -0.05) is 12.1 Å². The largest absolute Gasteiger partial charge is 0.454 e. The number of nitrogens with one attached hydrogen (secondary N) is 4. The molecule has 0 saturated heterocycles. The molecule has 0 bridgehead atoms. The van der Waals surface area contributed by atoms with Gasteiger partial charge in [0, 0.05) is 53.3 Å².